The Morgan fingerprint density at radius 3 is 2.17 bits per heavy atom. The van der Waals surface area contributed by atoms with Crippen LogP contribution >= 0.6 is 0 Å². The van der Waals surface area contributed by atoms with Gasteiger partial charge in [0.05, 0.1) is 25.4 Å². The molecule has 36 heavy (non-hydrogen) atoms. The van der Waals surface area contributed by atoms with Crippen LogP contribution in [0.3, 0.4) is 0 Å². The van der Waals surface area contributed by atoms with E-state index < -0.39 is 20.7 Å². The first kappa shape index (κ1) is 26.1. The lowest BCUT2D eigenvalue weighted by molar-refractivity contribution is -0.659. The minimum Gasteiger partial charge on any atom is -0.200 e. The van der Waals surface area contributed by atoms with Gasteiger partial charge in [0.15, 0.2) is 6.20 Å². The Morgan fingerprint density at radius 2 is 1.53 bits per heavy atom. The topological polar surface area (TPSA) is 3.88 Å². The highest BCUT2D eigenvalue weighted by Crippen LogP contribution is 2.36. The summed E-state index contributed by atoms with van der Waals surface area (Å²) in [6.45, 7) is 13.4. The molecule has 0 radical (unpaired) electrons. The lowest BCUT2D eigenvalue weighted by Gasteiger charge is -2.41. The van der Waals surface area contributed by atoms with Crippen LogP contribution in [-0.4, -0.2) is 14.3 Å². The first-order valence-electron chi connectivity index (χ1n) is 12.4. The second-order valence-corrected chi connectivity index (χ2v) is 16.1. The van der Waals surface area contributed by atoms with E-state index in [0.717, 1.165) is 33.2 Å². The van der Waals surface area contributed by atoms with Gasteiger partial charge in [0.25, 0.3) is 0 Å². The van der Waals surface area contributed by atoms with Crippen LogP contribution in [0, 0.1) is 13.8 Å². The van der Waals surface area contributed by atoms with Gasteiger partial charge >= 0.3 is 6.18 Å². The molecule has 0 N–H and O–H groups in total. The van der Waals surface area contributed by atoms with Crippen molar-refractivity contribution in [3.8, 4) is 11.3 Å². The predicted molar refractivity (Wildman–Crippen MR) is 146 cm³/mol. The van der Waals surface area contributed by atoms with E-state index in [4.69, 9.17) is 0 Å². The lowest BCUT2D eigenvalue weighted by atomic mass is 9.93. The van der Waals surface area contributed by atoms with E-state index in [0.29, 0.717) is 5.56 Å². The van der Waals surface area contributed by atoms with Gasteiger partial charge in [-0.1, -0.05) is 80.7 Å². The number of hydrogen-bond donors (Lipinski definition) is 0. The van der Waals surface area contributed by atoms with Crippen LogP contribution in [0.4, 0.5) is 13.2 Å². The van der Waals surface area contributed by atoms with Gasteiger partial charge in [0.1, 0.15) is 7.05 Å². The summed E-state index contributed by atoms with van der Waals surface area (Å²) < 4.78 is 41.7. The van der Waals surface area contributed by atoms with Crippen LogP contribution < -0.4 is 9.75 Å². The summed E-state index contributed by atoms with van der Waals surface area (Å²) in [6.07, 6.45) is -3.14. The summed E-state index contributed by atoms with van der Waals surface area (Å²) in [4.78, 5) is 0. The second-order valence-electron chi connectivity index (χ2n) is 11.1. The number of hydrogen-bond acceptors (Lipinski definition) is 0. The molecule has 3 aromatic carbocycles. The number of fused-ring (bicyclic) bond motifs is 1. The lowest BCUT2D eigenvalue weighted by Crippen LogP contribution is -2.57. The van der Waals surface area contributed by atoms with Gasteiger partial charge in [-0.15, -0.1) is 0 Å². The number of aromatic nitrogens is 1. The van der Waals surface area contributed by atoms with E-state index in [1.54, 1.807) is 12.1 Å². The van der Waals surface area contributed by atoms with Crippen molar-refractivity contribution in [1.82, 2.24) is 0 Å². The third-order valence-corrected chi connectivity index (χ3v) is 13.5. The van der Waals surface area contributed by atoms with Crippen molar-refractivity contribution in [2.45, 2.75) is 58.4 Å². The first-order chi connectivity index (χ1) is 16.7. The Labute approximate surface area is 213 Å². The Kier molecular flexibility index (Phi) is 6.67. The SMILES string of the molecule is Cc1cc(CC(F)(F)F)cc(-c2c3ccc([Si](C)(C)C(C)(C)c4ccccc4)cc3cc[n+]2C)c1C. The van der Waals surface area contributed by atoms with Crippen molar-refractivity contribution in [2.24, 2.45) is 7.05 Å². The van der Waals surface area contributed by atoms with Crippen LogP contribution in [0.2, 0.25) is 13.1 Å². The molecular formula is C31H35F3NSi+. The zero-order chi connectivity index (χ0) is 26.5. The van der Waals surface area contributed by atoms with Crippen LogP contribution in [0.25, 0.3) is 22.0 Å². The average molecular weight is 507 g/mol. The monoisotopic (exact) mass is 506 g/mol. The first-order valence-corrected chi connectivity index (χ1v) is 15.4. The number of rotatable bonds is 5. The fourth-order valence-electron chi connectivity index (χ4n) is 5.19. The number of nitrogens with zero attached hydrogens (tertiary/aromatic N) is 1. The third-order valence-electron chi connectivity index (χ3n) is 8.30. The number of pyridine rings is 1. The molecule has 0 saturated carbocycles. The van der Waals surface area contributed by atoms with E-state index in [9.17, 15) is 13.2 Å². The molecule has 0 aliphatic rings. The molecule has 188 valence electrons. The van der Waals surface area contributed by atoms with Gasteiger partial charge < -0.3 is 0 Å². The highest BCUT2D eigenvalue weighted by Gasteiger charge is 2.42. The molecule has 0 spiro atoms. The maximum atomic E-state index is 13.2. The largest absolute Gasteiger partial charge is 0.393 e. The molecule has 1 aromatic heterocycles. The van der Waals surface area contributed by atoms with Crippen LogP contribution in [0.5, 0.6) is 0 Å². The van der Waals surface area contributed by atoms with Gasteiger partial charge in [-0.05, 0) is 58.7 Å². The Hall–Kier alpha value is -2.92. The molecule has 5 heteroatoms. The predicted octanol–water partition coefficient (Wildman–Crippen LogP) is 7.49. The number of benzene rings is 3. The molecule has 0 amide bonds. The van der Waals surface area contributed by atoms with Crippen LogP contribution in [0.1, 0.15) is 36.1 Å². The second kappa shape index (κ2) is 9.18. The fourth-order valence-corrected chi connectivity index (χ4v) is 7.81. The number of aryl methyl sites for hydroxylation is 2. The van der Waals surface area contributed by atoms with Crippen molar-refractivity contribution in [1.29, 1.82) is 0 Å². The Balaban J connectivity index is 1.87. The van der Waals surface area contributed by atoms with E-state index in [-0.39, 0.29) is 5.04 Å². The molecular weight excluding hydrogens is 471 g/mol. The van der Waals surface area contributed by atoms with E-state index in [2.05, 4.69) is 81.5 Å². The minimum atomic E-state index is -4.24. The summed E-state index contributed by atoms with van der Waals surface area (Å²) >= 11 is 0. The summed E-state index contributed by atoms with van der Waals surface area (Å²) in [5, 5.41) is 3.55. The smallest absolute Gasteiger partial charge is 0.200 e. The van der Waals surface area contributed by atoms with Gasteiger partial charge in [0, 0.05) is 6.07 Å². The van der Waals surface area contributed by atoms with Crippen molar-refractivity contribution in [2.75, 3.05) is 0 Å². The van der Waals surface area contributed by atoms with Gasteiger partial charge in [-0.25, -0.2) is 4.57 Å². The molecule has 0 aliphatic heterocycles. The maximum absolute atomic E-state index is 13.2. The molecule has 0 atom stereocenters. The highest BCUT2D eigenvalue weighted by atomic mass is 28.3. The molecule has 4 aromatic rings. The van der Waals surface area contributed by atoms with E-state index in [1.807, 2.05) is 31.7 Å². The molecule has 0 unspecified atom stereocenters. The van der Waals surface area contributed by atoms with Crippen LogP contribution in [-0.2, 0) is 18.5 Å². The summed E-state index contributed by atoms with van der Waals surface area (Å²) in [6, 6.07) is 22.9. The zero-order valence-electron chi connectivity index (χ0n) is 22.2. The van der Waals surface area contributed by atoms with Crippen molar-refractivity contribution < 1.29 is 17.7 Å². The maximum Gasteiger partial charge on any atom is 0.393 e. The van der Waals surface area contributed by atoms with Gasteiger partial charge in [-0.3, -0.25) is 0 Å². The highest BCUT2D eigenvalue weighted by molar-refractivity contribution is 6.92. The fraction of sp³-hybridized carbons (Fsp3) is 0.323. The zero-order valence-corrected chi connectivity index (χ0v) is 23.2. The summed E-state index contributed by atoms with van der Waals surface area (Å²) in [7, 11) is 0.000631. The number of halogens is 3. The van der Waals surface area contributed by atoms with Gasteiger partial charge in [0.2, 0.25) is 5.69 Å². The Morgan fingerprint density at radius 1 is 0.861 bits per heavy atom. The van der Waals surface area contributed by atoms with Crippen molar-refractivity contribution in [3.63, 3.8) is 0 Å². The molecule has 1 heterocycles. The van der Waals surface area contributed by atoms with E-state index >= 15 is 0 Å². The van der Waals surface area contributed by atoms with Crippen molar-refractivity contribution >= 4 is 24.0 Å². The molecule has 0 bridgehead atoms. The third kappa shape index (κ3) is 4.73. The molecule has 1 nitrogen and oxygen atoms in total. The van der Waals surface area contributed by atoms with E-state index in [1.165, 1.54) is 10.8 Å². The quantitative estimate of drug-likeness (QED) is 0.195. The summed E-state index contributed by atoms with van der Waals surface area (Å²) in [5.41, 5.74) is 5.33. The molecule has 0 fully saturated rings. The normalized spacial score (nSPS) is 12.8. The van der Waals surface area contributed by atoms with Gasteiger partial charge in [-0.2, -0.15) is 13.2 Å². The number of alkyl halides is 3. The Bertz CT molecular complexity index is 1420. The molecule has 0 saturated heterocycles. The summed E-state index contributed by atoms with van der Waals surface area (Å²) in [5.74, 6) is 0. The van der Waals surface area contributed by atoms with Crippen molar-refractivity contribution in [3.05, 3.63) is 95.2 Å². The molecule has 0 aliphatic carbocycles. The van der Waals surface area contributed by atoms with Crippen LogP contribution in [0.15, 0.2) is 72.9 Å². The average Bonchev–Trinajstić information content (AvgIpc) is 2.80. The molecule has 4 rings (SSSR count). The minimum absolute atomic E-state index is 0.0177. The standard InChI is InChI=1S/C31H35F3NSi/c1-21-17-23(20-31(32,33)34)18-28(22(21)2)29-27-14-13-26(19-24(27)15-16-35(29)5)36(6,7)30(3,4)25-11-9-8-10-12-25/h8-19H,20H2,1-7H3/q+1.